The highest BCUT2D eigenvalue weighted by molar-refractivity contribution is 6.32. The number of aliphatic carboxylic acids is 2. The van der Waals surface area contributed by atoms with Crippen molar-refractivity contribution in [2.45, 2.75) is 18.5 Å². The minimum Gasteiger partial charge on any atom is -0.488 e. The van der Waals surface area contributed by atoms with Gasteiger partial charge in [-0.15, -0.1) is 0 Å². The Morgan fingerprint density at radius 3 is 2.12 bits per heavy atom. The van der Waals surface area contributed by atoms with E-state index in [0.29, 0.717) is 5.57 Å². The average molecular weight is 615 g/mol. The zero-order valence-corrected chi connectivity index (χ0v) is 21.6. The molecule has 0 bridgehead atoms. The zero-order valence-electron chi connectivity index (χ0n) is 20.8. The molecular formula is C28H17ClF6O7. The Morgan fingerprint density at radius 1 is 0.857 bits per heavy atom. The first kappa shape index (κ1) is 30.3. The number of ether oxygens (including phenoxy) is 3. The quantitative estimate of drug-likeness (QED) is 0.294. The maximum Gasteiger partial charge on any atom is 0.430 e. The van der Waals surface area contributed by atoms with E-state index >= 15 is 0 Å². The van der Waals surface area contributed by atoms with Crippen LogP contribution in [0.15, 0.2) is 71.8 Å². The van der Waals surface area contributed by atoms with Crippen LogP contribution in [0.5, 0.6) is 23.0 Å². The van der Waals surface area contributed by atoms with Crippen LogP contribution in [0.3, 0.4) is 0 Å². The molecule has 0 fully saturated rings. The Hall–Kier alpha value is -4.65. The summed E-state index contributed by atoms with van der Waals surface area (Å²) in [5.41, 5.74) is -0.913. The number of para-hydroxylation sites is 1. The zero-order chi connectivity index (χ0) is 30.8. The molecule has 2 N–H and O–H groups in total. The monoisotopic (exact) mass is 614 g/mol. The highest BCUT2D eigenvalue weighted by Gasteiger charge is 2.48. The molecule has 0 saturated carbocycles. The third-order valence-corrected chi connectivity index (χ3v) is 6.02. The number of benzene rings is 3. The molecule has 3 aromatic carbocycles. The molecule has 1 unspecified atom stereocenters. The SMILES string of the molecule is O=C(O)C1=Cc2cc(Oc3ccc(C(F)(F)F)cc3)cc(Cl)c2OC1C(F)(F)F.O=C(O)C1=Cc2ccccc2OC1. The second-order valence-electron chi connectivity index (χ2n) is 8.69. The van der Waals surface area contributed by atoms with E-state index in [1.807, 2.05) is 24.3 Å². The van der Waals surface area contributed by atoms with Crippen LogP contribution >= 0.6 is 11.6 Å². The van der Waals surface area contributed by atoms with Crippen LogP contribution in [-0.2, 0) is 15.8 Å². The first-order valence-electron chi connectivity index (χ1n) is 11.7. The molecule has 2 heterocycles. The van der Waals surface area contributed by atoms with Crippen molar-refractivity contribution in [1.29, 1.82) is 0 Å². The minimum atomic E-state index is -4.99. The summed E-state index contributed by atoms with van der Waals surface area (Å²) in [7, 11) is 0. The maximum atomic E-state index is 13.1. The molecule has 0 aromatic heterocycles. The van der Waals surface area contributed by atoms with Gasteiger partial charge in [0.25, 0.3) is 0 Å². The van der Waals surface area contributed by atoms with Gasteiger partial charge in [-0.25, -0.2) is 9.59 Å². The minimum absolute atomic E-state index is 0.00125. The fourth-order valence-electron chi connectivity index (χ4n) is 3.81. The number of hydrogen-bond acceptors (Lipinski definition) is 5. The number of carbonyl (C=O) groups is 2. The Bertz CT molecular complexity index is 1580. The van der Waals surface area contributed by atoms with Crippen molar-refractivity contribution < 1.29 is 60.4 Å². The standard InChI is InChI=1S/C18H9ClF6O4.C10H8O3/c19-13-7-11(28-10-3-1-9(2-4-10)17(20,21)22)5-8-6-12(16(26)27)15(18(23,24)25)29-14(8)13;11-10(12)8-5-7-3-1-2-4-9(7)13-6-8/h1-7,15H,(H,26,27);1-5H,6H2,(H,11,12). The van der Waals surface area contributed by atoms with E-state index in [0.717, 1.165) is 53.8 Å². The molecule has 5 rings (SSSR count). The van der Waals surface area contributed by atoms with E-state index in [-0.39, 0.29) is 28.7 Å². The van der Waals surface area contributed by atoms with Crippen molar-refractivity contribution in [2.75, 3.05) is 6.61 Å². The van der Waals surface area contributed by atoms with E-state index in [1.54, 1.807) is 6.08 Å². The molecule has 0 saturated heterocycles. The lowest BCUT2D eigenvalue weighted by atomic mass is 10.0. The molecule has 0 radical (unpaired) electrons. The van der Waals surface area contributed by atoms with Gasteiger partial charge >= 0.3 is 24.3 Å². The van der Waals surface area contributed by atoms with Gasteiger partial charge in [-0.3, -0.25) is 0 Å². The third-order valence-electron chi connectivity index (χ3n) is 5.74. The van der Waals surface area contributed by atoms with E-state index in [2.05, 4.69) is 0 Å². The Kier molecular flexibility index (Phi) is 8.43. The van der Waals surface area contributed by atoms with Gasteiger partial charge in [0.05, 0.1) is 21.7 Å². The average Bonchev–Trinajstić information content (AvgIpc) is 2.91. The summed E-state index contributed by atoms with van der Waals surface area (Å²) in [5, 5.41) is 17.5. The van der Waals surface area contributed by atoms with Gasteiger partial charge in [0, 0.05) is 17.2 Å². The predicted molar refractivity (Wildman–Crippen MR) is 137 cm³/mol. The molecule has 14 heteroatoms. The number of rotatable bonds is 4. The molecule has 0 aliphatic carbocycles. The Balaban J connectivity index is 0.000000258. The van der Waals surface area contributed by atoms with Gasteiger partial charge in [-0.05, 0) is 48.6 Å². The molecule has 7 nitrogen and oxygen atoms in total. The first-order valence-corrected chi connectivity index (χ1v) is 12.0. The molecule has 0 amide bonds. The van der Waals surface area contributed by atoms with Crippen molar-refractivity contribution in [3.8, 4) is 23.0 Å². The second kappa shape index (κ2) is 11.7. The highest BCUT2D eigenvalue weighted by atomic mass is 35.5. The van der Waals surface area contributed by atoms with Crippen LogP contribution in [-0.4, -0.2) is 41.0 Å². The van der Waals surface area contributed by atoms with Gasteiger partial charge in [-0.2, -0.15) is 26.3 Å². The van der Waals surface area contributed by atoms with E-state index in [4.69, 9.17) is 36.0 Å². The number of carboxylic acids is 2. The predicted octanol–water partition coefficient (Wildman–Crippen LogP) is 7.49. The Labute approximate surface area is 237 Å². The number of fused-ring (bicyclic) bond motifs is 2. The molecule has 3 aromatic rings. The lowest BCUT2D eigenvalue weighted by Gasteiger charge is -2.27. The lowest BCUT2D eigenvalue weighted by molar-refractivity contribution is -0.187. The fourth-order valence-corrected chi connectivity index (χ4v) is 4.07. The van der Waals surface area contributed by atoms with E-state index in [1.165, 1.54) is 0 Å². The second-order valence-corrected chi connectivity index (χ2v) is 9.10. The van der Waals surface area contributed by atoms with Crippen molar-refractivity contribution >= 4 is 35.7 Å². The van der Waals surface area contributed by atoms with E-state index < -0.39 is 47.3 Å². The van der Waals surface area contributed by atoms with Crippen LogP contribution in [0.2, 0.25) is 5.02 Å². The largest absolute Gasteiger partial charge is 0.488 e. The molecule has 0 spiro atoms. The number of carboxylic acid groups (broad SMARTS) is 2. The van der Waals surface area contributed by atoms with Gasteiger partial charge in [0.15, 0.2) is 0 Å². The summed E-state index contributed by atoms with van der Waals surface area (Å²) in [5.74, 6) is -2.44. The summed E-state index contributed by atoms with van der Waals surface area (Å²) in [6.45, 7) is 0.145. The first-order chi connectivity index (χ1) is 19.6. The molecule has 1 atom stereocenters. The molecule has 220 valence electrons. The van der Waals surface area contributed by atoms with Gasteiger partial charge in [0.1, 0.15) is 29.6 Å². The van der Waals surface area contributed by atoms with Gasteiger partial charge < -0.3 is 24.4 Å². The summed E-state index contributed by atoms with van der Waals surface area (Å²) in [6.07, 6.45) is -9.82. The maximum absolute atomic E-state index is 13.1. The summed E-state index contributed by atoms with van der Waals surface area (Å²) in [6, 6.07) is 13.3. The van der Waals surface area contributed by atoms with Gasteiger partial charge in [0.2, 0.25) is 6.10 Å². The Morgan fingerprint density at radius 2 is 1.52 bits per heavy atom. The van der Waals surface area contributed by atoms with E-state index in [9.17, 15) is 35.9 Å². The van der Waals surface area contributed by atoms with Crippen molar-refractivity contribution in [1.82, 2.24) is 0 Å². The fraction of sp³-hybridized carbons (Fsp3) is 0.143. The lowest BCUT2D eigenvalue weighted by Crippen LogP contribution is -2.40. The molecular weight excluding hydrogens is 598 g/mol. The smallest absolute Gasteiger partial charge is 0.430 e. The third kappa shape index (κ3) is 6.97. The van der Waals surface area contributed by atoms with Crippen LogP contribution < -0.4 is 14.2 Å². The number of halogens is 7. The summed E-state index contributed by atoms with van der Waals surface area (Å²) < 4.78 is 92.4. The molecule has 42 heavy (non-hydrogen) atoms. The number of hydrogen-bond donors (Lipinski definition) is 2. The van der Waals surface area contributed by atoms with Crippen LogP contribution in [0.1, 0.15) is 16.7 Å². The van der Waals surface area contributed by atoms with Crippen molar-refractivity contribution in [2.24, 2.45) is 0 Å². The van der Waals surface area contributed by atoms with Crippen molar-refractivity contribution in [3.05, 3.63) is 93.5 Å². The summed E-state index contributed by atoms with van der Waals surface area (Å²) in [4.78, 5) is 21.8. The molecule has 2 aliphatic rings. The van der Waals surface area contributed by atoms with Crippen LogP contribution in [0.4, 0.5) is 26.3 Å². The number of alkyl halides is 6. The summed E-state index contributed by atoms with van der Waals surface area (Å²) >= 11 is 5.94. The van der Waals surface area contributed by atoms with Crippen LogP contribution in [0.25, 0.3) is 12.2 Å². The normalized spacial score (nSPS) is 15.7. The van der Waals surface area contributed by atoms with Gasteiger partial charge in [-0.1, -0.05) is 29.8 Å². The topological polar surface area (TPSA) is 102 Å². The molecule has 2 aliphatic heterocycles. The van der Waals surface area contributed by atoms with Crippen LogP contribution in [0, 0.1) is 0 Å². The highest BCUT2D eigenvalue weighted by Crippen LogP contribution is 2.43. The van der Waals surface area contributed by atoms with Crippen molar-refractivity contribution in [3.63, 3.8) is 0 Å².